The van der Waals surface area contributed by atoms with Gasteiger partial charge in [-0.15, -0.1) is 11.3 Å². The van der Waals surface area contributed by atoms with Crippen molar-refractivity contribution in [3.05, 3.63) is 47.8 Å². The second-order valence-corrected chi connectivity index (χ2v) is 12.6. The standard InChI is InChI=1S/C25H30N12O9S2/c26-21(32-13-3-5-28-6-4-13)15-2-1-14(7-30-15)45-9-18(24(40)41)46-35-19(16-10-47-25(27)33-16)22(38)34-20-17(8-36-12-29-11-31-36)37(23(20)39)48(42,43)44/h1-2,7,10-13,17-18,20,28H,3-6,8-9H2,(H2,26,32)(H2,27,33)(H,34,38)(H,40,41)(H,42,43,44)/t17-,18-,20-/m0/s1. The third-order valence-corrected chi connectivity index (χ3v) is 8.72. The van der Waals surface area contributed by atoms with Gasteiger partial charge < -0.3 is 36.8 Å². The summed E-state index contributed by atoms with van der Waals surface area (Å²) >= 11 is 0.933. The number of aliphatic imine (C=N–C) groups is 1. The van der Waals surface area contributed by atoms with Crippen molar-refractivity contribution in [1.29, 1.82) is 0 Å². The Morgan fingerprint density at radius 3 is 2.62 bits per heavy atom. The van der Waals surface area contributed by atoms with Crippen molar-refractivity contribution in [1.82, 2.24) is 39.7 Å². The van der Waals surface area contributed by atoms with E-state index in [2.05, 4.69) is 40.8 Å². The number of carboxylic acid groups (broad SMARTS) is 1. The Morgan fingerprint density at radius 1 is 1.25 bits per heavy atom. The summed E-state index contributed by atoms with van der Waals surface area (Å²) in [7, 11) is -4.99. The second kappa shape index (κ2) is 14.7. The number of aromatic nitrogens is 5. The van der Waals surface area contributed by atoms with Gasteiger partial charge in [0.15, 0.2) is 10.8 Å². The minimum Gasteiger partial charge on any atom is -0.487 e. The summed E-state index contributed by atoms with van der Waals surface area (Å²) in [5.74, 6) is -3.29. The number of pyridine rings is 1. The monoisotopic (exact) mass is 706 g/mol. The van der Waals surface area contributed by atoms with E-state index in [1.807, 2.05) is 0 Å². The van der Waals surface area contributed by atoms with E-state index in [0.29, 0.717) is 5.69 Å². The third kappa shape index (κ3) is 8.17. The van der Waals surface area contributed by atoms with Gasteiger partial charge in [0, 0.05) is 5.38 Å². The van der Waals surface area contributed by atoms with Crippen LogP contribution in [0.1, 0.15) is 24.2 Å². The van der Waals surface area contributed by atoms with Crippen molar-refractivity contribution < 1.29 is 42.0 Å². The SMILES string of the molecule is NC(=NC1CCNCC1)c1ccc(OC[C@H](ON=C(C(=O)N[C@@H]2C(=O)N(S(=O)(=O)O)[C@H]2Cn2cncn2)c2csc(N)n2)C(=O)O)cn1. The van der Waals surface area contributed by atoms with Crippen molar-refractivity contribution in [3.8, 4) is 5.75 Å². The molecule has 0 unspecified atom stereocenters. The Bertz CT molecular complexity index is 1790. The Balaban J connectivity index is 1.27. The van der Waals surface area contributed by atoms with Crippen LogP contribution in [-0.2, 0) is 36.1 Å². The van der Waals surface area contributed by atoms with Gasteiger partial charge in [0.1, 0.15) is 48.3 Å². The molecule has 2 aliphatic heterocycles. The molecule has 0 saturated carbocycles. The van der Waals surface area contributed by atoms with Crippen LogP contribution in [0.3, 0.4) is 0 Å². The van der Waals surface area contributed by atoms with Gasteiger partial charge in [-0.05, 0) is 38.1 Å². The Labute approximate surface area is 275 Å². The third-order valence-electron chi connectivity index (χ3n) is 7.10. The highest BCUT2D eigenvalue weighted by molar-refractivity contribution is 7.84. The molecule has 0 aromatic carbocycles. The molecule has 2 saturated heterocycles. The number of carbonyl (C=O) groups excluding carboxylic acids is 2. The number of β-lactam (4-membered cyclic amide) rings is 1. The van der Waals surface area contributed by atoms with Crippen molar-refractivity contribution in [2.24, 2.45) is 15.9 Å². The summed E-state index contributed by atoms with van der Waals surface area (Å²) < 4.78 is 40.1. The number of amidine groups is 1. The first-order valence-corrected chi connectivity index (χ1v) is 16.4. The number of oxime groups is 1. The number of piperidine rings is 1. The highest BCUT2D eigenvalue weighted by Gasteiger charge is 2.54. The van der Waals surface area contributed by atoms with Crippen LogP contribution in [0, 0.1) is 0 Å². The maximum Gasteiger partial charge on any atom is 0.362 e. The van der Waals surface area contributed by atoms with Gasteiger partial charge in [-0.2, -0.15) is 13.5 Å². The predicted molar refractivity (Wildman–Crippen MR) is 166 cm³/mol. The molecule has 5 rings (SSSR count). The van der Waals surface area contributed by atoms with E-state index < -0.39 is 58.6 Å². The predicted octanol–water partition coefficient (Wildman–Crippen LogP) is -2.38. The molecular weight excluding hydrogens is 676 g/mol. The zero-order valence-corrected chi connectivity index (χ0v) is 26.5. The number of nitrogen functional groups attached to an aromatic ring is 1. The summed E-state index contributed by atoms with van der Waals surface area (Å²) in [6.07, 6.45) is 3.71. The number of thiazole rings is 1. The van der Waals surface area contributed by atoms with Crippen molar-refractivity contribution in [3.63, 3.8) is 0 Å². The number of anilines is 1. The Kier molecular flexibility index (Phi) is 10.4. The van der Waals surface area contributed by atoms with Crippen LogP contribution >= 0.6 is 11.3 Å². The van der Waals surface area contributed by atoms with E-state index >= 15 is 0 Å². The molecule has 2 amide bonds. The van der Waals surface area contributed by atoms with Gasteiger partial charge >= 0.3 is 16.3 Å². The summed E-state index contributed by atoms with van der Waals surface area (Å²) in [5, 5.41) is 24.2. The second-order valence-electron chi connectivity index (χ2n) is 10.4. The van der Waals surface area contributed by atoms with Crippen LogP contribution in [0.4, 0.5) is 5.13 Å². The first-order valence-electron chi connectivity index (χ1n) is 14.2. The molecule has 2 fully saturated rings. The van der Waals surface area contributed by atoms with E-state index in [0.717, 1.165) is 43.6 Å². The quantitative estimate of drug-likeness (QED) is 0.0335. The van der Waals surface area contributed by atoms with Crippen LogP contribution < -0.4 is 26.8 Å². The van der Waals surface area contributed by atoms with Gasteiger partial charge in [0.25, 0.3) is 17.9 Å². The van der Waals surface area contributed by atoms with Gasteiger partial charge in [-0.1, -0.05) is 5.16 Å². The summed E-state index contributed by atoms with van der Waals surface area (Å²) in [4.78, 5) is 59.6. The molecule has 0 radical (unpaired) electrons. The lowest BCUT2D eigenvalue weighted by atomic mass is 9.98. The van der Waals surface area contributed by atoms with Gasteiger partial charge in [-0.3, -0.25) is 23.8 Å². The lowest BCUT2D eigenvalue weighted by molar-refractivity contribution is -0.152. The zero-order chi connectivity index (χ0) is 34.4. The van der Waals surface area contributed by atoms with Crippen molar-refractivity contribution in [2.45, 2.75) is 43.6 Å². The van der Waals surface area contributed by atoms with E-state index in [9.17, 15) is 32.5 Å². The number of nitrogens with zero attached hydrogens (tertiary/aromatic N) is 8. The number of carboxylic acids is 1. The average Bonchev–Trinajstić information content (AvgIpc) is 3.73. The number of rotatable bonds is 14. The van der Waals surface area contributed by atoms with Crippen molar-refractivity contribution in [2.75, 3.05) is 25.4 Å². The minimum atomic E-state index is -4.99. The highest BCUT2D eigenvalue weighted by atomic mass is 32.2. The molecule has 2 aliphatic rings. The van der Waals surface area contributed by atoms with Crippen LogP contribution in [0.5, 0.6) is 5.75 Å². The number of nitrogens with two attached hydrogens (primary N) is 2. The molecule has 3 aromatic heterocycles. The van der Waals surface area contributed by atoms with Crippen LogP contribution in [0.15, 0.2) is 46.5 Å². The van der Waals surface area contributed by atoms with E-state index in [1.54, 1.807) is 6.07 Å². The molecule has 0 spiro atoms. The molecule has 3 atom stereocenters. The molecule has 0 aliphatic carbocycles. The number of hydrogen-bond donors (Lipinski definition) is 6. The molecule has 256 valence electrons. The van der Waals surface area contributed by atoms with E-state index in [4.69, 9.17) is 21.0 Å². The zero-order valence-electron chi connectivity index (χ0n) is 24.8. The Hall–Kier alpha value is -5.26. The molecule has 23 heteroatoms. The topological polar surface area (TPSA) is 305 Å². The average molecular weight is 707 g/mol. The van der Waals surface area contributed by atoms with Crippen LogP contribution in [0.25, 0.3) is 0 Å². The molecule has 48 heavy (non-hydrogen) atoms. The summed E-state index contributed by atoms with van der Waals surface area (Å²) in [6.45, 7) is 0.861. The minimum absolute atomic E-state index is 0.0299. The molecule has 8 N–H and O–H groups in total. The first kappa shape index (κ1) is 34.1. The molecule has 3 aromatic rings. The van der Waals surface area contributed by atoms with E-state index in [1.165, 1.54) is 28.7 Å². The Morgan fingerprint density at radius 2 is 2.02 bits per heavy atom. The lowest BCUT2D eigenvalue weighted by Crippen LogP contribution is -2.73. The number of hydrogen-bond acceptors (Lipinski definition) is 16. The smallest absolute Gasteiger partial charge is 0.362 e. The maximum absolute atomic E-state index is 13.4. The normalized spacial score (nSPS) is 19.8. The van der Waals surface area contributed by atoms with Gasteiger partial charge in [-0.25, -0.2) is 24.1 Å². The first-order chi connectivity index (χ1) is 22.9. The summed E-state index contributed by atoms with van der Waals surface area (Å²) in [5.41, 5.74) is 11.5. The molecule has 0 bridgehead atoms. The largest absolute Gasteiger partial charge is 0.487 e. The fourth-order valence-electron chi connectivity index (χ4n) is 4.72. The van der Waals surface area contributed by atoms with Crippen LogP contribution in [0.2, 0.25) is 0 Å². The van der Waals surface area contributed by atoms with Gasteiger partial charge in [0.2, 0.25) is 0 Å². The molecule has 21 nitrogen and oxygen atoms in total. The lowest BCUT2D eigenvalue weighted by Gasteiger charge is -2.43. The number of ether oxygens (including phenoxy) is 1. The fraction of sp³-hybridized carbons (Fsp3) is 0.400. The van der Waals surface area contributed by atoms with E-state index in [-0.39, 0.29) is 39.3 Å². The number of carbonyl (C=O) groups is 3. The summed E-state index contributed by atoms with van der Waals surface area (Å²) in [6, 6.07) is 0.408. The number of amides is 2. The fourth-order valence-corrected chi connectivity index (χ4v) is 6.14. The van der Waals surface area contributed by atoms with Crippen LogP contribution in [-0.4, -0.2) is 120 Å². The number of aliphatic carboxylic acids is 1. The highest BCUT2D eigenvalue weighted by Crippen LogP contribution is 2.25. The molecule has 5 heterocycles. The van der Waals surface area contributed by atoms with Crippen molar-refractivity contribution >= 4 is 56.1 Å². The number of nitrogens with one attached hydrogen (secondary N) is 2. The maximum atomic E-state index is 13.4. The molecular formula is C25H30N12O9S2. The van der Waals surface area contributed by atoms with Gasteiger partial charge in [0.05, 0.1) is 24.8 Å².